The Morgan fingerprint density at radius 1 is 1.11 bits per heavy atom. The van der Waals surface area contributed by atoms with Crippen molar-refractivity contribution in [1.82, 2.24) is 9.88 Å². The van der Waals surface area contributed by atoms with Crippen molar-refractivity contribution < 1.29 is 23.5 Å². The second kappa shape index (κ2) is 12.5. The maximum atomic E-state index is 13.6. The van der Waals surface area contributed by atoms with Crippen LogP contribution in [0, 0.1) is 0 Å². The van der Waals surface area contributed by atoms with Gasteiger partial charge in [0.15, 0.2) is 8.32 Å². The Balaban J connectivity index is 1.54. The number of rotatable bonds is 6. The molecule has 1 saturated heterocycles. The molecule has 244 valence electrons. The topological polar surface area (TPSA) is 81.2 Å². The number of carbonyl (C=O) groups is 2. The molecule has 2 atom stereocenters. The molecule has 0 unspecified atom stereocenters. The van der Waals surface area contributed by atoms with E-state index in [0.717, 1.165) is 52.8 Å². The number of hydrogen-bond acceptors (Lipinski definition) is 8. The molecule has 0 N–H and O–H groups in total. The van der Waals surface area contributed by atoms with E-state index in [4.69, 9.17) is 25.5 Å². The fourth-order valence-corrected chi connectivity index (χ4v) is 8.34. The lowest BCUT2D eigenvalue weighted by atomic mass is 9.92. The van der Waals surface area contributed by atoms with Crippen LogP contribution in [0.15, 0.2) is 30.5 Å². The van der Waals surface area contributed by atoms with Gasteiger partial charge in [-0.3, -0.25) is 4.98 Å². The Labute approximate surface area is 277 Å². The summed E-state index contributed by atoms with van der Waals surface area (Å²) in [6, 6.07) is 7.83. The lowest BCUT2D eigenvalue weighted by Gasteiger charge is -2.38. The predicted octanol–water partition coefficient (Wildman–Crippen LogP) is 8.56. The van der Waals surface area contributed by atoms with Gasteiger partial charge >= 0.3 is 12.1 Å². The number of carbonyl (C=O) groups excluding carboxylic acids is 2. The molecule has 1 amide bonds. The third kappa shape index (κ3) is 7.04. The summed E-state index contributed by atoms with van der Waals surface area (Å²) in [5.74, 6) is -0.377. The summed E-state index contributed by atoms with van der Waals surface area (Å²) < 4.78 is 18.5. The summed E-state index contributed by atoms with van der Waals surface area (Å²) in [5, 5.41) is 0.732. The molecule has 8 nitrogen and oxygen atoms in total. The summed E-state index contributed by atoms with van der Waals surface area (Å²) in [4.78, 5) is 35.4. The summed E-state index contributed by atoms with van der Waals surface area (Å²) in [5.41, 5.74) is 4.44. The van der Waals surface area contributed by atoms with Gasteiger partial charge in [-0.05, 0) is 88.0 Å². The molecule has 0 radical (unpaired) electrons. The van der Waals surface area contributed by atoms with Crippen LogP contribution in [0.2, 0.25) is 23.2 Å². The number of pyridine rings is 1. The number of likely N-dealkylation sites (tertiary alicyclic amines) is 1. The van der Waals surface area contributed by atoms with Crippen molar-refractivity contribution in [2.45, 2.75) is 96.6 Å². The first kappa shape index (κ1) is 33.7. The molecule has 0 bridgehead atoms. The Morgan fingerprint density at radius 2 is 1.84 bits per heavy atom. The number of methoxy groups -OCH3 is 1. The fraction of sp³-hybridized carbons (Fsp3) is 0.559. The second-order valence-electron chi connectivity index (χ2n) is 14.7. The van der Waals surface area contributed by atoms with Gasteiger partial charge < -0.3 is 23.7 Å². The van der Waals surface area contributed by atoms with Gasteiger partial charge in [0.05, 0.1) is 30.0 Å². The van der Waals surface area contributed by atoms with E-state index >= 15 is 0 Å². The number of halogens is 1. The highest BCUT2D eigenvalue weighted by Crippen LogP contribution is 2.46. The molecule has 11 heteroatoms. The minimum Gasteiger partial charge on any atom is -0.465 e. The van der Waals surface area contributed by atoms with Crippen molar-refractivity contribution in [3.05, 3.63) is 45.9 Å². The number of anilines is 1. The Hall–Kier alpha value is -2.66. The highest BCUT2D eigenvalue weighted by Gasteiger charge is 2.44. The number of amides is 1. The number of hydrogen-bond donors (Lipinski definition) is 0. The zero-order chi connectivity index (χ0) is 32.9. The molecule has 4 heterocycles. The van der Waals surface area contributed by atoms with Crippen molar-refractivity contribution in [2.75, 3.05) is 31.7 Å². The molecule has 1 aromatic carbocycles. The molecule has 2 aliphatic rings. The zero-order valence-electron chi connectivity index (χ0n) is 28.0. The first-order valence-corrected chi connectivity index (χ1v) is 19.8. The lowest BCUT2D eigenvalue weighted by Crippen LogP contribution is -2.47. The summed E-state index contributed by atoms with van der Waals surface area (Å²) >= 11 is 8.13. The molecule has 5 rings (SSSR count). The standard InChI is InChI=1S/C34H46ClN3O5SSi/c1-33(2,3)43-32(40)38-19-23(17-24(38)20-42-45(8,9)34(4,5)6)37-14-10-11-21-15-22(35)16-26(29(21)37)25-12-13-36-27-18-28(31(39)41-7)44-30(25)27/h12-13,15-16,18,23-24H,10-11,14,17,19-20H2,1-9H3/t23-,24+/m0/s1. The van der Waals surface area contributed by atoms with E-state index < -0.39 is 13.9 Å². The molecule has 45 heavy (non-hydrogen) atoms. The molecule has 0 aliphatic carbocycles. The number of aromatic nitrogens is 1. The molecule has 2 aromatic heterocycles. The van der Waals surface area contributed by atoms with E-state index in [1.807, 2.05) is 37.8 Å². The molecule has 2 aliphatic heterocycles. The first-order chi connectivity index (χ1) is 21.0. The number of thiophene rings is 1. The third-order valence-electron chi connectivity index (χ3n) is 9.28. The molecule has 0 saturated carbocycles. The molecule has 0 spiro atoms. The van der Waals surface area contributed by atoms with Gasteiger partial charge in [-0.1, -0.05) is 32.4 Å². The lowest BCUT2D eigenvalue weighted by molar-refractivity contribution is 0.0180. The third-order valence-corrected chi connectivity index (χ3v) is 15.1. The average molecular weight is 672 g/mol. The highest BCUT2D eigenvalue weighted by molar-refractivity contribution is 7.21. The van der Waals surface area contributed by atoms with Crippen molar-refractivity contribution in [1.29, 1.82) is 0 Å². The number of benzene rings is 1. The molecular weight excluding hydrogens is 626 g/mol. The average Bonchev–Trinajstić information content (AvgIpc) is 3.58. The van der Waals surface area contributed by atoms with Crippen molar-refractivity contribution >= 4 is 59.2 Å². The van der Waals surface area contributed by atoms with Gasteiger partial charge in [-0.15, -0.1) is 11.3 Å². The maximum Gasteiger partial charge on any atom is 0.410 e. The summed E-state index contributed by atoms with van der Waals surface area (Å²) in [7, 11) is -0.654. The minimum absolute atomic E-state index is 0.0626. The van der Waals surface area contributed by atoms with Crippen molar-refractivity contribution in [3.63, 3.8) is 0 Å². The van der Waals surface area contributed by atoms with Crippen LogP contribution in [0.3, 0.4) is 0 Å². The monoisotopic (exact) mass is 671 g/mol. The highest BCUT2D eigenvalue weighted by atomic mass is 35.5. The van der Waals surface area contributed by atoms with Crippen LogP contribution in [0.1, 0.15) is 69.6 Å². The van der Waals surface area contributed by atoms with Crippen LogP contribution < -0.4 is 4.90 Å². The summed E-state index contributed by atoms with van der Waals surface area (Å²) in [6.45, 7) is 18.8. The molecule has 1 fully saturated rings. The van der Waals surface area contributed by atoms with E-state index in [0.29, 0.717) is 23.1 Å². The number of ether oxygens (including phenoxy) is 2. The van der Waals surface area contributed by atoms with E-state index in [-0.39, 0.29) is 29.2 Å². The van der Waals surface area contributed by atoms with Gasteiger partial charge in [0.2, 0.25) is 0 Å². The Bertz CT molecular complexity index is 1590. The van der Waals surface area contributed by atoms with E-state index in [2.05, 4.69) is 49.8 Å². The Kier molecular flexibility index (Phi) is 9.36. The maximum absolute atomic E-state index is 13.6. The van der Waals surface area contributed by atoms with Crippen LogP contribution in [0.25, 0.3) is 21.3 Å². The van der Waals surface area contributed by atoms with E-state index in [1.165, 1.54) is 24.0 Å². The van der Waals surface area contributed by atoms with Crippen LogP contribution in [-0.4, -0.2) is 74.8 Å². The SMILES string of the molecule is COC(=O)c1cc2nccc(-c3cc(Cl)cc4c3N([C@H]3C[C@H](CO[Si](C)(C)C(C)(C)C)N(C(=O)OC(C)(C)C)C3)CCC4)c2s1. The predicted molar refractivity (Wildman–Crippen MR) is 185 cm³/mol. The minimum atomic E-state index is -2.04. The van der Waals surface area contributed by atoms with Gasteiger partial charge in [0.1, 0.15) is 10.5 Å². The normalized spacial score (nSPS) is 19.2. The zero-order valence-corrected chi connectivity index (χ0v) is 30.5. The first-order valence-electron chi connectivity index (χ1n) is 15.7. The Morgan fingerprint density at radius 3 is 2.51 bits per heavy atom. The molecular formula is C34H46ClN3O5SSi. The van der Waals surface area contributed by atoms with Crippen LogP contribution in [-0.2, 0) is 20.3 Å². The number of esters is 1. The van der Waals surface area contributed by atoms with Crippen molar-refractivity contribution in [2.24, 2.45) is 0 Å². The number of fused-ring (bicyclic) bond motifs is 2. The fourth-order valence-electron chi connectivity index (χ4n) is 6.00. The van der Waals surface area contributed by atoms with E-state index in [1.54, 1.807) is 12.3 Å². The summed E-state index contributed by atoms with van der Waals surface area (Å²) in [6.07, 6.45) is 4.14. The second-order valence-corrected chi connectivity index (χ2v) is 21.0. The number of aryl methyl sites for hydroxylation is 1. The van der Waals surface area contributed by atoms with Gasteiger partial charge in [-0.25, -0.2) is 9.59 Å². The van der Waals surface area contributed by atoms with Crippen LogP contribution >= 0.6 is 22.9 Å². The van der Waals surface area contributed by atoms with Gasteiger partial charge in [0.25, 0.3) is 0 Å². The van der Waals surface area contributed by atoms with Crippen LogP contribution in [0.4, 0.5) is 10.5 Å². The van der Waals surface area contributed by atoms with Gasteiger partial charge in [0, 0.05) is 47.2 Å². The molecule has 3 aromatic rings. The number of nitrogens with zero attached hydrogens (tertiary/aromatic N) is 3. The van der Waals surface area contributed by atoms with E-state index in [9.17, 15) is 9.59 Å². The van der Waals surface area contributed by atoms with Crippen molar-refractivity contribution in [3.8, 4) is 11.1 Å². The smallest absolute Gasteiger partial charge is 0.410 e. The quantitative estimate of drug-likeness (QED) is 0.192. The van der Waals surface area contributed by atoms with Gasteiger partial charge in [-0.2, -0.15) is 0 Å². The van der Waals surface area contributed by atoms with Crippen LogP contribution in [0.5, 0.6) is 0 Å². The largest absolute Gasteiger partial charge is 0.465 e.